The van der Waals surface area contributed by atoms with Gasteiger partial charge < -0.3 is 25.0 Å². The maximum atomic E-state index is 12.2. The van der Waals surface area contributed by atoms with Crippen molar-refractivity contribution < 1.29 is 24.5 Å². The lowest BCUT2D eigenvalue weighted by Gasteiger charge is -2.29. The Hall–Kier alpha value is -0.950. The van der Waals surface area contributed by atoms with E-state index in [1.807, 2.05) is 0 Å². The van der Waals surface area contributed by atoms with E-state index in [1.54, 1.807) is 6.08 Å². The summed E-state index contributed by atoms with van der Waals surface area (Å²) < 4.78 is 12.6. The molecule has 3 N–H and O–H groups in total. The number of carbonyl (C=O) groups excluding carboxylic acids is 1. The fraction of sp³-hybridized carbons (Fsp3) is 0.850. The predicted octanol–water partition coefficient (Wildman–Crippen LogP) is 2.43. The van der Waals surface area contributed by atoms with E-state index in [1.165, 1.54) is 0 Å². The van der Waals surface area contributed by atoms with Crippen molar-refractivity contribution in [2.75, 3.05) is 13.2 Å². The quantitative estimate of drug-likeness (QED) is 0.487. The summed E-state index contributed by atoms with van der Waals surface area (Å²) in [6.45, 7) is 4.44. The smallest absolute Gasteiger partial charge is 0.247 e. The van der Waals surface area contributed by atoms with Crippen molar-refractivity contribution in [1.82, 2.24) is 5.32 Å². The standard InChI is InChI=1S/C20H35NO5/c1-3-5-7-9-20(10-8-6-4-2)25-17-14-15(19(24)21-11-12-22)13-16(23)18(17)26-20/h14,16-18,22-23H,3-13H2,1-2H3,(H,21,24). The number of unbranched alkanes of at least 4 members (excludes halogenated alkanes) is 4. The molecule has 0 aromatic carbocycles. The van der Waals surface area contributed by atoms with E-state index < -0.39 is 24.1 Å². The lowest BCUT2D eigenvalue weighted by atomic mass is 9.92. The summed E-state index contributed by atoms with van der Waals surface area (Å²) in [5.74, 6) is -0.900. The van der Waals surface area contributed by atoms with Crippen molar-refractivity contribution in [3.8, 4) is 0 Å². The van der Waals surface area contributed by atoms with E-state index in [0.717, 1.165) is 51.4 Å². The highest BCUT2D eigenvalue weighted by Crippen LogP contribution is 2.42. The van der Waals surface area contributed by atoms with Crippen LogP contribution in [0.15, 0.2) is 11.6 Å². The first-order valence-electron chi connectivity index (χ1n) is 10.2. The summed E-state index contributed by atoms with van der Waals surface area (Å²) in [5.41, 5.74) is 0.508. The van der Waals surface area contributed by atoms with Gasteiger partial charge in [-0.1, -0.05) is 39.5 Å². The second-order valence-corrected chi connectivity index (χ2v) is 7.43. The van der Waals surface area contributed by atoms with Crippen molar-refractivity contribution in [3.63, 3.8) is 0 Å². The monoisotopic (exact) mass is 369 g/mol. The minimum Gasteiger partial charge on any atom is -0.395 e. The minimum atomic E-state index is -0.751. The summed E-state index contributed by atoms with van der Waals surface area (Å²) in [5, 5.41) is 22.0. The van der Waals surface area contributed by atoms with Crippen LogP contribution in [0.5, 0.6) is 0 Å². The number of aliphatic hydroxyl groups excluding tert-OH is 2. The second-order valence-electron chi connectivity index (χ2n) is 7.43. The van der Waals surface area contributed by atoms with Gasteiger partial charge in [-0.25, -0.2) is 0 Å². The molecule has 150 valence electrons. The van der Waals surface area contributed by atoms with Crippen LogP contribution in [-0.4, -0.2) is 53.4 Å². The molecule has 2 rings (SSSR count). The van der Waals surface area contributed by atoms with Crippen molar-refractivity contribution in [3.05, 3.63) is 11.6 Å². The third-order valence-corrected chi connectivity index (χ3v) is 5.21. The number of hydrogen-bond acceptors (Lipinski definition) is 5. The number of amides is 1. The van der Waals surface area contributed by atoms with Crippen LogP contribution in [0.3, 0.4) is 0 Å². The maximum Gasteiger partial charge on any atom is 0.247 e. The summed E-state index contributed by atoms with van der Waals surface area (Å²) in [6, 6.07) is 0. The molecule has 0 aromatic rings. The number of nitrogens with one attached hydrogen (secondary N) is 1. The fourth-order valence-electron chi connectivity index (χ4n) is 3.79. The number of carbonyl (C=O) groups is 1. The van der Waals surface area contributed by atoms with Gasteiger partial charge in [0, 0.05) is 31.4 Å². The van der Waals surface area contributed by atoms with E-state index in [9.17, 15) is 9.90 Å². The zero-order valence-electron chi connectivity index (χ0n) is 16.2. The minimum absolute atomic E-state index is 0.106. The molecule has 3 atom stereocenters. The molecule has 26 heavy (non-hydrogen) atoms. The van der Waals surface area contributed by atoms with Crippen LogP contribution in [-0.2, 0) is 14.3 Å². The summed E-state index contributed by atoms with van der Waals surface area (Å²) in [4.78, 5) is 12.2. The van der Waals surface area contributed by atoms with E-state index in [4.69, 9.17) is 14.6 Å². The Labute approximate surface area is 156 Å². The van der Waals surface area contributed by atoms with Gasteiger partial charge in [-0.15, -0.1) is 0 Å². The van der Waals surface area contributed by atoms with Gasteiger partial charge in [-0.05, 0) is 18.9 Å². The third-order valence-electron chi connectivity index (χ3n) is 5.21. The van der Waals surface area contributed by atoms with Gasteiger partial charge in [0.2, 0.25) is 5.91 Å². The molecule has 0 saturated carbocycles. The van der Waals surface area contributed by atoms with E-state index >= 15 is 0 Å². The molecular formula is C20H35NO5. The first-order valence-corrected chi connectivity index (χ1v) is 10.2. The summed E-state index contributed by atoms with van der Waals surface area (Å²) >= 11 is 0. The fourth-order valence-corrected chi connectivity index (χ4v) is 3.79. The number of rotatable bonds is 11. The SMILES string of the molecule is CCCCCC1(CCCCC)OC2C=C(C(=O)NCCO)CC(O)C2O1. The average molecular weight is 370 g/mol. The highest BCUT2D eigenvalue weighted by Gasteiger charge is 2.50. The molecule has 0 aromatic heterocycles. The van der Waals surface area contributed by atoms with Gasteiger partial charge in [-0.2, -0.15) is 0 Å². The Bertz CT molecular complexity index is 469. The van der Waals surface area contributed by atoms with E-state index in [-0.39, 0.29) is 25.5 Å². The Morgan fingerprint density at radius 3 is 2.42 bits per heavy atom. The lowest BCUT2D eigenvalue weighted by molar-refractivity contribution is -0.190. The molecule has 1 aliphatic heterocycles. The number of aliphatic hydroxyl groups is 2. The predicted molar refractivity (Wildman–Crippen MR) is 99.6 cm³/mol. The molecule has 6 heteroatoms. The van der Waals surface area contributed by atoms with E-state index in [2.05, 4.69) is 19.2 Å². The van der Waals surface area contributed by atoms with Gasteiger partial charge >= 0.3 is 0 Å². The zero-order chi connectivity index (χ0) is 19.0. The first-order chi connectivity index (χ1) is 12.5. The van der Waals surface area contributed by atoms with Gasteiger partial charge in [-0.3, -0.25) is 4.79 Å². The molecule has 0 bridgehead atoms. The normalized spacial score (nSPS) is 27.1. The molecule has 0 radical (unpaired) electrons. The van der Waals surface area contributed by atoms with Crippen LogP contribution < -0.4 is 5.32 Å². The van der Waals surface area contributed by atoms with Crippen molar-refractivity contribution in [2.24, 2.45) is 0 Å². The second kappa shape index (κ2) is 10.4. The van der Waals surface area contributed by atoms with Crippen LogP contribution >= 0.6 is 0 Å². The van der Waals surface area contributed by atoms with Crippen molar-refractivity contribution in [2.45, 2.75) is 95.7 Å². The van der Waals surface area contributed by atoms with Crippen LogP contribution in [0, 0.1) is 0 Å². The molecule has 1 fully saturated rings. The molecule has 2 aliphatic rings. The molecular weight excluding hydrogens is 334 g/mol. The summed E-state index contributed by atoms with van der Waals surface area (Å²) in [6.07, 6.45) is 8.74. The Morgan fingerprint density at radius 1 is 1.19 bits per heavy atom. The van der Waals surface area contributed by atoms with E-state index in [0.29, 0.717) is 5.57 Å². The highest BCUT2D eigenvalue weighted by molar-refractivity contribution is 5.93. The molecule has 6 nitrogen and oxygen atoms in total. The molecule has 0 spiro atoms. The number of hydrogen-bond donors (Lipinski definition) is 3. The molecule has 1 amide bonds. The van der Waals surface area contributed by atoms with Gasteiger partial charge in [0.05, 0.1) is 12.7 Å². The van der Waals surface area contributed by atoms with Crippen molar-refractivity contribution >= 4 is 5.91 Å². The topological polar surface area (TPSA) is 88.0 Å². The Morgan fingerprint density at radius 2 is 1.85 bits per heavy atom. The van der Waals surface area contributed by atoms with Gasteiger partial charge in [0.1, 0.15) is 12.2 Å². The van der Waals surface area contributed by atoms with Gasteiger partial charge in [0.25, 0.3) is 0 Å². The number of ether oxygens (including phenoxy) is 2. The van der Waals surface area contributed by atoms with Gasteiger partial charge in [0.15, 0.2) is 5.79 Å². The Kier molecular flexibility index (Phi) is 8.54. The van der Waals surface area contributed by atoms with Crippen LogP contribution in [0.4, 0.5) is 0 Å². The largest absolute Gasteiger partial charge is 0.395 e. The van der Waals surface area contributed by atoms with Crippen molar-refractivity contribution in [1.29, 1.82) is 0 Å². The molecule has 1 aliphatic carbocycles. The van der Waals surface area contributed by atoms with Crippen LogP contribution in [0.25, 0.3) is 0 Å². The summed E-state index contributed by atoms with van der Waals surface area (Å²) in [7, 11) is 0. The molecule has 1 heterocycles. The molecule has 1 saturated heterocycles. The first kappa shape index (κ1) is 21.4. The Balaban J connectivity index is 2.08. The highest BCUT2D eigenvalue weighted by atomic mass is 16.8. The third kappa shape index (κ3) is 5.52. The average Bonchev–Trinajstić information content (AvgIpc) is 2.99. The van der Waals surface area contributed by atoms with Crippen LogP contribution in [0.2, 0.25) is 0 Å². The number of fused-ring (bicyclic) bond motifs is 1. The maximum absolute atomic E-state index is 12.2. The lowest BCUT2D eigenvalue weighted by Crippen LogP contribution is -2.41. The molecule has 3 unspecified atom stereocenters. The van der Waals surface area contributed by atoms with Crippen LogP contribution in [0.1, 0.15) is 71.6 Å². The zero-order valence-corrected chi connectivity index (χ0v) is 16.2.